The molecule has 9 nitrogen and oxygen atoms in total. The molecule has 0 spiro atoms. The van der Waals surface area contributed by atoms with Crippen molar-refractivity contribution in [3.8, 4) is 0 Å². The number of carbonyl (C=O) groups is 4. The van der Waals surface area contributed by atoms with Gasteiger partial charge in [-0.15, -0.1) is 0 Å². The highest BCUT2D eigenvalue weighted by Gasteiger charge is 2.28. The molecule has 0 saturated carbocycles. The molecule has 1 rings (SSSR count). The fourth-order valence-corrected chi connectivity index (χ4v) is 2.35. The Bertz CT molecular complexity index is 678. The van der Waals surface area contributed by atoms with E-state index in [2.05, 4.69) is 10.3 Å². The van der Waals surface area contributed by atoms with Crippen LogP contribution >= 0.6 is 0 Å². The van der Waals surface area contributed by atoms with Crippen LogP contribution in [-0.2, 0) is 25.6 Å². The molecule has 0 fully saturated rings. The average molecular weight is 377 g/mol. The Balaban J connectivity index is 2.92. The largest absolute Gasteiger partial charge is 0.370 e. The molecular weight excluding hydrogens is 350 g/mol. The summed E-state index contributed by atoms with van der Waals surface area (Å²) < 4.78 is 0. The molecule has 2 atom stereocenters. The molecule has 1 heterocycles. The SMILES string of the molecule is C[C@H](CC(N)=O)C(=O)N[C@H](Cc1cccnc1)C(=O)N(C)CC(=O)N(C)C. The van der Waals surface area contributed by atoms with Gasteiger partial charge in [0.2, 0.25) is 23.6 Å². The summed E-state index contributed by atoms with van der Waals surface area (Å²) in [6.45, 7) is 1.45. The van der Waals surface area contributed by atoms with E-state index in [1.165, 1.54) is 16.8 Å². The molecule has 3 N–H and O–H groups in total. The number of primary amides is 1. The standard InChI is InChI=1S/C18H27N5O4/c1-12(8-15(19)24)17(26)21-14(9-13-6-5-7-20-10-13)18(27)23(4)11-16(25)22(2)3/h5-7,10,12,14H,8-9,11H2,1-4H3,(H2,19,24)(H,21,26)/t12-,14-/m1/s1. The first-order valence-electron chi connectivity index (χ1n) is 8.54. The maximum atomic E-state index is 12.8. The van der Waals surface area contributed by atoms with Crippen LogP contribution in [0.1, 0.15) is 18.9 Å². The van der Waals surface area contributed by atoms with Crippen molar-refractivity contribution in [1.29, 1.82) is 0 Å². The van der Waals surface area contributed by atoms with Gasteiger partial charge in [0.15, 0.2) is 0 Å². The van der Waals surface area contributed by atoms with Crippen LogP contribution in [0.5, 0.6) is 0 Å². The summed E-state index contributed by atoms with van der Waals surface area (Å²) in [6.07, 6.45) is 3.30. The zero-order valence-electron chi connectivity index (χ0n) is 16.1. The van der Waals surface area contributed by atoms with Gasteiger partial charge in [-0.1, -0.05) is 13.0 Å². The number of likely N-dealkylation sites (N-methyl/N-ethyl adjacent to an activating group) is 2. The quantitative estimate of drug-likeness (QED) is 0.581. The Morgan fingerprint density at radius 3 is 2.41 bits per heavy atom. The third-order valence-electron chi connectivity index (χ3n) is 3.98. The minimum Gasteiger partial charge on any atom is -0.370 e. The lowest BCUT2D eigenvalue weighted by Crippen LogP contribution is -2.51. The zero-order valence-corrected chi connectivity index (χ0v) is 16.1. The van der Waals surface area contributed by atoms with E-state index >= 15 is 0 Å². The predicted octanol–water partition coefficient (Wildman–Crippen LogP) is -0.833. The van der Waals surface area contributed by atoms with Crippen molar-refractivity contribution in [3.05, 3.63) is 30.1 Å². The van der Waals surface area contributed by atoms with Crippen LogP contribution in [0.2, 0.25) is 0 Å². The van der Waals surface area contributed by atoms with Crippen LogP contribution in [0.3, 0.4) is 0 Å². The van der Waals surface area contributed by atoms with Gasteiger partial charge in [-0.2, -0.15) is 0 Å². The number of rotatable bonds is 9. The molecular formula is C18H27N5O4. The first-order valence-corrected chi connectivity index (χ1v) is 8.54. The number of nitrogens with zero attached hydrogens (tertiary/aromatic N) is 3. The lowest BCUT2D eigenvalue weighted by atomic mass is 10.0. The fourth-order valence-electron chi connectivity index (χ4n) is 2.35. The van der Waals surface area contributed by atoms with Gasteiger partial charge in [0.1, 0.15) is 6.04 Å². The van der Waals surface area contributed by atoms with Crippen molar-refractivity contribution in [1.82, 2.24) is 20.1 Å². The number of hydrogen-bond acceptors (Lipinski definition) is 5. The molecule has 0 bridgehead atoms. The van der Waals surface area contributed by atoms with Crippen LogP contribution < -0.4 is 11.1 Å². The smallest absolute Gasteiger partial charge is 0.245 e. The summed E-state index contributed by atoms with van der Waals surface area (Å²) in [5.41, 5.74) is 5.89. The lowest BCUT2D eigenvalue weighted by Gasteiger charge is -2.26. The molecule has 0 aliphatic rings. The third-order valence-corrected chi connectivity index (χ3v) is 3.98. The van der Waals surface area contributed by atoms with Gasteiger partial charge in [-0.3, -0.25) is 24.2 Å². The summed E-state index contributed by atoms with van der Waals surface area (Å²) in [7, 11) is 4.70. The third kappa shape index (κ3) is 7.43. The highest BCUT2D eigenvalue weighted by atomic mass is 16.2. The van der Waals surface area contributed by atoms with E-state index in [1.54, 1.807) is 45.5 Å². The van der Waals surface area contributed by atoms with E-state index in [0.717, 1.165) is 5.56 Å². The summed E-state index contributed by atoms with van der Waals surface area (Å²) in [5.74, 6) is -2.36. The van der Waals surface area contributed by atoms with Crippen LogP contribution in [0, 0.1) is 5.92 Å². The number of pyridine rings is 1. The molecule has 0 radical (unpaired) electrons. The summed E-state index contributed by atoms with van der Waals surface area (Å²) >= 11 is 0. The van der Waals surface area contributed by atoms with Crippen molar-refractivity contribution in [2.45, 2.75) is 25.8 Å². The number of aromatic nitrogens is 1. The van der Waals surface area contributed by atoms with Crippen LogP contribution in [0.4, 0.5) is 0 Å². The van der Waals surface area contributed by atoms with Crippen molar-refractivity contribution < 1.29 is 19.2 Å². The highest BCUT2D eigenvalue weighted by molar-refractivity contribution is 5.92. The Morgan fingerprint density at radius 2 is 1.89 bits per heavy atom. The number of amides is 4. The first kappa shape index (κ1) is 22.1. The minimum absolute atomic E-state index is 0.109. The molecule has 0 aromatic carbocycles. The molecule has 27 heavy (non-hydrogen) atoms. The molecule has 0 unspecified atom stereocenters. The molecule has 1 aromatic rings. The molecule has 0 aliphatic carbocycles. The fraction of sp³-hybridized carbons (Fsp3) is 0.500. The maximum Gasteiger partial charge on any atom is 0.245 e. The van der Waals surface area contributed by atoms with Crippen LogP contribution in [0.25, 0.3) is 0 Å². The van der Waals surface area contributed by atoms with Gasteiger partial charge >= 0.3 is 0 Å². The molecule has 9 heteroatoms. The molecule has 1 aromatic heterocycles. The van der Waals surface area contributed by atoms with E-state index in [-0.39, 0.29) is 25.3 Å². The first-order chi connectivity index (χ1) is 12.6. The van der Waals surface area contributed by atoms with Crippen molar-refractivity contribution in [3.63, 3.8) is 0 Å². The number of nitrogens with two attached hydrogens (primary N) is 1. The number of nitrogens with one attached hydrogen (secondary N) is 1. The number of carbonyl (C=O) groups excluding carboxylic acids is 4. The minimum atomic E-state index is -0.892. The van der Waals surface area contributed by atoms with Gasteiger partial charge in [0.05, 0.1) is 6.54 Å². The van der Waals surface area contributed by atoms with E-state index in [1.807, 2.05) is 0 Å². The van der Waals surface area contributed by atoms with Gasteiger partial charge < -0.3 is 20.9 Å². The Morgan fingerprint density at radius 1 is 1.22 bits per heavy atom. The Labute approximate surface area is 158 Å². The van der Waals surface area contributed by atoms with E-state index in [9.17, 15) is 19.2 Å². The predicted molar refractivity (Wildman–Crippen MR) is 99.2 cm³/mol. The van der Waals surface area contributed by atoms with Crippen LogP contribution in [-0.4, -0.2) is 72.1 Å². The van der Waals surface area contributed by atoms with Gasteiger partial charge in [0.25, 0.3) is 0 Å². The van der Waals surface area contributed by atoms with E-state index in [0.29, 0.717) is 0 Å². The second-order valence-electron chi connectivity index (χ2n) is 6.68. The number of hydrogen-bond donors (Lipinski definition) is 2. The van der Waals surface area contributed by atoms with Gasteiger partial charge in [0, 0.05) is 52.3 Å². The molecule has 0 saturated heterocycles. The van der Waals surface area contributed by atoms with Crippen LogP contribution in [0.15, 0.2) is 24.5 Å². The van der Waals surface area contributed by atoms with E-state index in [4.69, 9.17) is 5.73 Å². The monoisotopic (exact) mass is 377 g/mol. The van der Waals surface area contributed by atoms with Gasteiger partial charge in [-0.05, 0) is 11.6 Å². The average Bonchev–Trinajstić information content (AvgIpc) is 2.60. The molecule has 148 valence electrons. The molecule has 0 aliphatic heterocycles. The van der Waals surface area contributed by atoms with E-state index < -0.39 is 29.7 Å². The normalized spacial score (nSPS) is 12.6. The second-order valence-corrected chi connectivity index (χ2v) is 6.68. The molecule has 4 amide bonds. The summed E-state index contributed by atoms with van der Waals surface area (Å²) in [4.78, 5) is 54.7. The Hall–Kier alpha value is -2.97. The highest BCUT2D eigenvalue weighted by Crippen LogP contribution is 2.08. The summed E-state index contributed by atoms with van der Waals surface area (Å²) in [5, 5.41) is 2.66. The maximum absolute atomic E-state index is 12.8. The topological polar surface area (TPSA) is 126 Å². The van der Waals surface area contributed by atoms with Gasteiger partial charge in [-0.25, -0.2) is 0 Å². The summed E-state index contributed by atoms with van der Waals surface area (Å²) in [6, 6.07) is 2.63. The van der Waals surface area contributed by atoms with Crippen molar-refractivity contribution >= 4 is 23.6 Å². The lowest BCUT2D eigenvalue weighted by molar-refractivity contribution is -0.141. The van der Waals surface area contributed by atoms with Crippen molar-refractivity contribution in [2.75, 3.05) is 27.7 Å². The second kappa shape index (κ2) is 10.2. The van der Waals surface area contributed by atoms with Crippen molar-refractivity contribution in [2.24, 2.45) is 11.7 Å². The zero-order chi connectivity index (χ0) is 20.6. The Kier molecular flexibility index (Phi) is 8.37.